The lowest BCUT2D eigenvalue weighted by Gasteiger charge is -2.34. The summed E-state index contributed by atoms with van der Waals surface area (Å²) < 4.78 is 2.27. The highest BCUT2D eigenvalue weighted by atomic mass is 15.1. The standard InChI is InChI=1S/C26H26N2/c1-21(25-27-18-19-28(25)24-16-10-5-11-17-24)26(2,23-14-8-4-9-15-23)20-22-12-6-3-7-13-22/h3-19,21H,20H2,1-2H3/p+1. The molecule has 0 amide bonds. The molecule has 2 atom stereocenters. The quantitative estimate of drug-likeness (QED) is 0.428. The number of nitrogens with zero attached hydrogens (tertiary/aromatic N) is 1. The molecule has 0 spiro atoms. The molecular formula is C26H27N2+. The van der Waals surface area contributed by atoms with Crippen LogP contribution in [0.1, 0.15) is 36.7 Å². The third-order valence-corrected chi connectivity index (χ3v) is 5.96. The van der Waals surface area contributed by atoms with Gasteiger partial charge in [0.2, 0.25) is 0 Å². The number of hydrogen-bond acceptors (Lipinski definition) is 0. The zero-order chi connectivity index (χ0) is 19.4. The van der Waals surface area contributed by atoms with Crippen LogP contribution in [0.3, 0.4) is 0 Å². The van der Waals surface area contributed by atoms with Crippen LogP contribution in [0.2, 0.25) is 0 Å². The minimum Gasteiger partial charge on any atom is -0.247 e. The van der Waals surface area contributed by atoms with E-state index >= 15 is 0 Å². The molecule has 0 aliphatic rings. The van der Waals surface area contributed by atoms with Crippen LogP contribution in [0.5, 0.6) is 0 Å². The summed E-state index contributed by atoms with van der Waals surface area (Å²) in [5.41, 5.74) is 3.85. The van der Waals surface area contributed by atoms with Crippen molar-refractivity contribution in [1.82, 2.24) is 4.98 Å². The van der Waals surface area contributed by atoms with Crippen LogP contribution in [0.25, 0.3) is 5.69 Å². The molecule has 2 heteroatoms. The van der Waals surface area contributed by atoms with Gasteiger partial charge in [0.05, 0.1) is 5.92 Å². The van der Waals surface area contributed by atoms with Gasteiger partial charge in [-0.1, -0.05) is 92.7 Å². The van der Waals surface area contributed by atoms with Crippen molar-refractivity contribution in [3.63, 3.8) is 0 Å². The molecule has 2 nitrogen and oxygen atoms in total. The summed E-state index contributed by atoms with van der Waals surface area (Å²) in [4.78, 5) is 3.53. The van der Waals surface area contributed by atoms with Crippen molar-refractivity contribution in [1.29, 1.82) is 0 Å². The van der Waals surface area contributed by atoms with Crippen LogP contribution >= 0.6 is 0 Å². The number of aromatic nitrogens is 2. The lowest BCUT2D eigenvalue weighted by molar-refractivity contribution is -0.605. The molecule has 1 heterocycles. The van der Waals surface area contributed by atoms with Gasteiger partial charge in [-0.15, -0.1) is 0 Å². The SMILES string of the molecule is CC(c1[nH]cc[n+]1-c1ccccc1)C(C)(Cc1ccccc1)c1ccccc1. The van der Waals surface area contributed by atoms with Gasteiger partial charge >= 0.3 is 0 Å². The first-order chi connectivity index (χ1) is 13.7. The van der Waals surface area contributed by atoms with E-state index in [2.05, 4.69) is 121 Å². The molecule has 0 aliphatic carbocycles. The second-order valence-corrected chi connectivity index (χ2v) is 7.72. The average Bonchev–Trinajstić information content (AvgIpc) is 3.25. The Morgan fingerprint density at radius 1 is 0.821 bits per heavy atom. The van der Waals surface area contributed by atoms with E-state index in [-0.39, 0.29) is 11.3 Å². The Bertz CT molecular complexity index is 1010. The van der Waals surface area contributed by atoms with Crippen molar-refractivity contribution >= 4 is 0 Å². The van der Waals surface area contributed by atoms with Gasteiger partial charge in [-0.05, 0) is 29.7 Å². The third kappa shape index (κ3) is 3.50. The van der Waals surface area contributed by atoms with Gasteiger partial charge in [0, 0.05) is 5.41 Å². The fourth-order valence-electron chi connectivity index (χ4n) is 4.14. The smallest absolute Gasteiger partial charge is 0.247 e. The van der Waals surface area contributed by atoms with Crippen LogP contribution in [0.15, 0.2) is 103 Å². The van der Waals surface area contributed by atoms with Crippen molar-refractivity contribution in [2.24, 2.45) is 0 Å². The number of hydrogen-bond donors (Lipinski definition) is 1. The molecule has 0 fully saturated rings. The Labute approximate surface area is 167 Å². The number of imidazole rings is 1. The zero-order valence-corrected chi connectivity index (χ0v) is 16.5. The molecular weight excluding hydrogens is 340 g/mol. The molecule has 28 heavy (non-hydrogen) atoms. The Balaban J connectivity index is 1.79. The van der Waals surface area contributed by atoms with Crippen LogP contribution in [-0.2, 0) is 11.8 Å². The molecule has 140 valence electrons. The van der Waals surface area contributed by atoms with E-state index in [1.165, 1.54) is 22.6 Å². The molecule has 0 bridgehead atoms. The van der Waals surface area contributed by atoms with Crippen molar-refractivity contribution in [2.45, 2.75) is 31.6 Å². The molecule has 0 radical (unpaired) electrons. The van der Waals surface area contributed by atoms with E-state index in [0.717, 1.165) is 6.42 Å². The van der Waals surface area contributed by atoms with Gasteiger partial charge in [-0.2, -0.15) is 4.57 Å². The topological polar surface area (TPSA) is 19.7 Å². The minimum absolute atomic E-state index is 0.0516. The van der Waals surface area contributed by atoms with E-state index in [9.17, 15) is 0 Å². The highest BCUT2D eigenvalue weighted by Crippen LogP contribution is 2.40. The van der Waals surface area contributed by atoms with Gasteiger partial charge < -0.3 is 0 Å². The first-order valence-electron chi connectivity index (χ1n) is 9.92. The number of rotatable bonds is 6. The highest BCUT2D eigenvalue weighted by molar-refractivity contribution is 5.32. The summed E-state index contributed by atoms with van der Waals surface area (Å²) >= 11 is 0. The normalized spacial score (nSPS) is 14.4. The van der Waals surface area contributed by atoms with E-state index in [4.69, 9.17) is 0 Å². The van der Waals surface area contributed by atoms with Crippen LogP contribution < -0.4 is 4.57 Å². The lowest BCUT2D eigenvalue weighted by Crippen LogP contribution is -2.41. The Morgan fingerprint density at radius 2 is 1.39 bits per heavy atom. The summed E-state index contributed by atoms with van der Waals surface area (Å²) in [7, 11) is 0. The van der Waals surface area contributed by atoms with Crippen LogP contribution in [-0.4, -0.2) is 4.98 Å². The molecule has 0 saturated heterocycles. The highest BCUT2D eigenvalue weighted by Gasteiger charge is 2.39. The van der Waals surface area contributed by atoms with Crippen LogP contribution in [0.4, 0.5) is 0 Å². The number of benzene rings is 3. The fraction of sp³-hybridized carbons (Fsp3) is 0.192. The number of nitrogens with one attached hydrogen (secondary N) is 1. The second kappa shape index (κ2) is 7.85. The van der Waals surface area contributed by atoms with Gasteiger partial charge in [-0.3, -0.25) is 0 Å². The second-order valence-electron chi connectivity index (χ2n) is 7.72. The Hall–Kier alpha value is -3.13. The summed E-state index contributed by atoms with van der Waals surface area (Å²) in [6.07, 6.45) is 5.13. The first-order valence-corrected chi connectivity index (χ1v) is 9.92. The zero-order valence-electron chi connectivity index (χ0n) is 16.5. The summed E-state index contributed by atoms with van der Waals surface area (Å²) in [5.74, 6) is 1.50. The van der Waals surface area contributed by atoms with E-state index in [1.54, 1.807) is 0 Å². The molecule has 0 saturated carbocycles. The predicted molar refractivity (Wildman–Crippen MR) is 115 cm³/mol. The van der Waals surface area contributed by atoms with E-state index < -0.39 is 0 Å². The monoisotopic (exact) mass is 367 g/mol. The lowest BCUT2D eigenvalue weighted by atomic mass is 9.68. The van der Waals surface area contributed by atoms with E-state index in [0.29, 0.717) is 0 Å². The molecule has 1 aromatic heterocycles. The van der Waals surface area contributed by atoms with Gasteiger partial charge in [-0.25, -0.2) is 4.98 Å². The third-order valence-electron chi connectivity index (χ3n) is 5.96. The Morgan fingerprint density at radius 3 is 2.04 bits per heavy atom. The van der Waals surface area contributed by atoms with Crippen molar-refractivity contribution < 1.29 is 4.57 Å². The summed E-state index contributed by atoms with van der Waals surface area (Å²) in [6, 6.07) is 32.2. The molecule has 4 rings (SSSR count). The minimum atomic E-state index is -0.0516. The van der Waals surface area contributed by atoms with Crippen molar-refractivity contribution in [3.8, 4) is 5.69 Å². The average molecular weight is 368 g/mol. The largest absolute Gasteiger partial charge is 0.263 e. The fourth-order valence-corrected chi connectivity index (χ4v) is 4.14. The Kier molecular flexibility index (Phi) is 5.12. The number of para-hydroxylation sites is 1. The molecule has 2 unspecified atom stereocenters. The first kappa shape index (κ1) is 18.2. The van der Waals surface area contributed by atoms with Gasteiger partial charge in [0.15, 0.2) is 0 Å². The van der Waals surface area contributed by atoms with E-state index in [1.807, 2.05) is 6.20 Å². The maximum atomic E-state index is 3.53. The summed E-state index contributed by atoms with van der Waals surface area (Å²) in [5, 5.41) is 0. The molecule has 3 aromatic carbocycles. The van der Waals surface area contributed by atoms with Crippen LogP contribution in [0, 0.1) is 0 Å². The molecule has 4 aromatic rings. The number of H-pyrrole nitrogens is 1. The van der Waals surface area contributed by atoms with Gasteiger partial charge in [0.25, 0.3) is 5.82 Å². The maximum Gasteiger partial charge on any atom is 0.263 e. The summed E-state index contributed by atoms with van der Waals surface area (Å²) in [6.45, 7) is 4.72. The van der Waals surface area contributed by atoms with Crippen molar-refractivity contribution in [2.75, 3.05) is 0 Å². The molecule has 0 aliphatic heterocycles. The molecule has 1 N–H and O–H groups in total. The maximum absolute atomic E-state index is 3.53. The van der Waals surface area contributed by atoms with Gasteiger partial charge in [0.1, 0.15) is 18.1 Å². The van der Waals surface area contributed by atoms with Crippen molar-refractivity contribution in [3.05, 3.63) is 120 Å². The predicted octanol–water partition coefficient (Wildman–Crippen LogP) is 5.60. The number of aromatic amines is 1.